The van der Waals surface area contributed by atoms with Crippen LogP contribution in [0.4, 0.5) is 10.7 Å². The van der Waals surface area contributed by atoms with Gasteiger partial charge in [-0.2, -0.15) is 10.1 Å². The molecule has 0 saturated heterocycles. The lowest BCUT2D eigenvalue weighted by Crippen LogP contribution is -2.35. The number of aldehydes is 1. The van der Waals surface area contributed by atoms with Gasteiger partial charge in [0.1, 0.15) is 11.3 Å². The van der Waals surface area contributed by atoms with Gasteiger partial charge in [-0.15, -0.1) is 0 Å². The van der Waals surface area contributed by atoms with E-state index in [1.807, 2.05) is 13.8 Å². The van der Waals surface area contributed by atoms with Crippen molar-refractivity contribution in [2.45, 2.75) is 53.1 Å². The van der Waals surface area contributed by atoms with Gasteiger partial charge in [0.25, 0.3) is 0 Å². The number of hydrogen-bond acceptors (Lipinski definition) is 9. The molecule has 2 aromatic heterocycles. The summed E-state index contributed by atoms with van der Waals surface area (Å²) in [5.41, 5.74) is 0.0816. The van der Waals surface area contributed by atoms with Crippen LogP contribution in [-0.2, 0) is 9.47 Å². The minimum Gasteiger partial charge on any atom is -0.479 e. The third-order valence-electron chi connectivity index (χ3n) is 4.20. The van der Waals surface area contributed by atoms with Crippen LogP contribution in [0.2, 0.25) is 0 Å². The normalized spacial score (nSPS) is 11.3. The molecule has 0 aliphatic heterocycles. The Morgan fingerprint density at radius 3 is 2.44 bits per heavy atom. The monoisotopic (exact) mass is 447 g/mol. The standard InChI is InChI=1S/C21H29N5O6/c1-9-31-18(28)15-13(11-27)16(12(2)3)26(24-15)14-10-22-19(23-17(14)30-8)25(7)20(29)32-21(4,5)6/h10-12H,9H2,1-8H3. The average molecular weight is 447 g/mol. The van der Waals surface area contributed by atoms with Gasteiger partial charge in [0, 0.05) is 7.05 Å². The first-order valence-electron chi connectivity index (χ1n) is 10.1. The van der Waals surface area contributed by atoms with Crippen molar-refractivity contribution in [3.05, 3.63) is 23.1 Å². The quantitative estimate of drug-likeness (QED) is 0.464. The van der Waals surface area contributed by atoms with Crippen LogP contribution in [0.25, 0.3) is 5.69 Å². The maximum absolute atomic E-state index is 12.4. The van der Waals surface area contributed by atoms with E-state index >= 15 is 0 Å². The van der Waals surface area contributed by atoms with Crippen molar-refractivity contribution in [1.82, 2.24) is 19.7 Å². The van der Waals surface area contributed by atoms with Gasteiger partial charge in [-0.05, 0) is 33.6 Å². The number of nitrogens with zero attached hydrogens (tertiary/aromatic N) is 5. The van der Waals surface area contributed by atoms with Crippen molar-refractivity contribution in [2.75, 3.05) is 25.7 Å². The van der Waals surface area contributed by atoms with Crippen molar-refractivity contribution < 1.29 is 28.6 Å². The zero-order chi connectivity index (χ0) is 24.2. The van der Waals surface area contributed by atoms with Crippen LogP contribution in [0.1, 0.15) is 74.0 Å². The van der Waals surface area contributed by atoms with E-state index in [0.29, 0.717) is 12.0 Å². The number of anilines is 1. The van der Waals surface area contributed by atoms with Crippen LogP contribution in [0.3, 0.4) is 0 Å². The fraction of sp³-hybridized carbons (Fsp3) is 0.524. The number of aromatic nitrogens is 4. The Labute approximate surface area is 186 Å². The van der Waals surface area contributed by atoms with Crippen LogP contribution in [0, 0.1) is 0 Å². The summed E-state index contributed by atoms with van der Waals surface area (Å²) in [5.74, 6) is -0.766. The van der Waals surface area contributed by atoms with Crippen LogP contribution in [0.15, 0.2) is 6.20 Å². The Balaban J connectivity index is 2.59. The summed E-state index contributed by atoms with van der Waals surface area (Å²) in [7, 11) is 2.87. The first-order chi connectivity index (χ1) is 14.9. The number of hydrogen-bond donors (Lipinski definition) is 0. The lowest BCUT2D eigenvalue weighted by Gasteiger charge is -2.24. The second-order valence-electron chi connectivity index (χ2n) is 8.16. The van der Waals surface area contributed by atoms with Crippen molar-refractivity contribution in [1.29, 1.82) is 0 Å². The molecule has 0 aliphatic carbocycles. The van der Waals surface area contributed by atoms with Crippen LogP contribution >= 0.6 is 0 Å². The van der Waals surface area contributed by atoms with E-state index < -0.39 is 17.7 Å². The Kier molecular flexibility index (Phi) is 7.55. The molecular weight excluding hydrogens is 418 g/mol. The molecule has 0 radical (unpaired) electrons. The molecule has 2 heterocycles. The molecule has 0 saturated carbocycles. The SMILES string of the molecule is CCOC(=O)c1nn(-c2cnc(N(C)C(=O)OC(C)(C)C)nc2OC)c(C(C)C)c1C=O. The largest absolute Gasteiger partial charge is 0.479 e. The molecule has 11 heteroatoms. The van der Waals surface area contributed by atoms with E-state index in [2.05, 4.69) is 15.1 Å². The number of esters is 1. The lowest BCUT2D eigenvalue weighted by atomic mass is 10.0. The predicted molar refractivity (Wildman–Crippen MR) is 116 cm³/mol. The summed E-state index contributed by atoms with van der Waals surface area (Å²) in [6, 6.07) is 0. The topological polar surface area (TPSA) is 126 Å². The fourth-order valence-electron chi connectivity index (χ4n) is 2.87. The third-order valence-corrected chi connectivity index (χ3v) is 4.20. The van der Waals surface area contributed by atoms with Crippen LogP contribution < -0.4 is 9.64 Å². The molecule has 0 unspecified atom stereocenters. The zero-order valence-corrected chi connectivity index (χ0v) is 19.6. The van der Waals surface area contributed by atoms with Gasteiger partial charge in [0.05, 0.1) is 31.2 Å². The Morgan fingerprint density at radius 1 is 1.28 bits per heavy atom. The molecule has 32 heavy (non-hydrogen) atoms. The highest BCUT2D eigenvalue weighted by molar-refractivity contribution is 5.97. The molecule has 0 aliphatic rings. The zero-order valence-electron chi connectivity index (χ0n) is 19.6. The first kappa shape index (κ1) is 24.8. The highest BCUT2D eigenvalue weighted by atomic mass is 16.6. The van der Waals surface area contributed by atoms with E-state index in [1.165, 1.54) is 25.0 Å². The van der Waals surface area contributed by atoms with Gasteiger partial charge in [0.2, 0.25) is 11.8 Å². The van der Waals surface area contributed by atoms with Crippen molar-refractivity contribution >= 4 is 24.3 Å². The van der Waals surface area contributed by atoms with E-state index in [0.717, 1.165) is 4.90 Å². The molecule has 2 rings (SSSR count). The fourth-order valence-corrected chi connectivity index (χ4v) is 2.87. The van der Waals surface area contributed by atoms with E-state index in [4.69, 9.17) is 14.2 Å². The Morgan fingerprint density at radius 2 is 1.94 bits per heavy atom. The second kappa shape index (κ2) is 9.75. The molecule has 0 spiro atoms. The van der Waals surface area contributed by atoms with E-state index in [1.54, 1.807) is 27.7 Å². The lowest BCUT2D eigenvalue weighted by molar-refractivity contribution is 0.0515. The number of amides is 1. The molecule has 0 atom stereocenters. The van der Waals surface area contributed by atoms with Crippen LogP contribution in [-0.4, -0.2) is 64.5 Å². The highest BCUT2D eigenvalue weighted by Crippen LogP contribution is 2.30. The maximum Gasteiger partial charge on any atom is 0.416 e. The van der Waals surface area contributed by atoms with E-state index in [-0.39, 0.29) is 41.3 Å². The summed E-state index contributed by atoms with van der Waals surface area (Å²) >= 11 is 0. The number of ether oxygens (including phenoxy) is 3. The maximum atomic E-state index is 12.4. The van der Waals surface area contributed by atoms with Crippen molar-refractivity contribution in [2.24, 2.45) is 0 Å². The van der Waals surface area contributed by atoms with Gasteiger partial charge < -0.3 is 14.2 Å². The van der Waals surface area contributed by atoms with Crippen molar-refractivity contribution in [3.63, 3.8) is 0 Å². The molecule has 0 N–H and O–H groups in total. The van der Waals surface area contributed by atoms with Gasteiger partial charge in [-0.3, -0.25) is 4.79 Å². The number of rotatable bonds is 7. The van der Waals surface area contributed by atoms with Crippen LogP contribution in [0.5, 0.6) is 5.88 Å². The Bertz CT molecular complexity index is 1010. The predicted octanol–water partition coefficient (Wildman–Crippen LogP) is 3.15. The minimum atomic E-state index is -0.712. The van der Waals surface area contributed by atoms with Gasteiger partial charge in [0.15, 0.2) is 12.0 Å². The molecule has 1 amide bonds. The molecule has 2 aromatic rings. The van der Waals surface area contributed by atoms with Gasteiger partial charge in [-0.25, -0.2) is 24.2 Å². The number of carbonyl (C=O) groups is 3. The molecule has 0 fully saturated rings. The molecule has 174 valence electrons. The summed E-state index contributed by atoms with van der Waals surface area (Å²) in [5, 5.41) is 4.30. The number of carbonyl (C=O) groups excluding carboxylic acids is 3. The van der Waals surface area contributed by atoms with Crippen molar-refractivity contribution in [3.8, 4) is 11.6 Å². The summed E-state index contributed by atoms with van der Waals surface area (Å²) in [4.78, 5) is 46.2. The van der Waals surface area contributed by atoms with E-state index in [9.17, 15) is 14.4 Å². The minimum absolute atomic E-state index is 0.0410. The molecule has 11 nitrogen and oxygen atoms in total. The first-order valence-corrected chi connectivity index (χ1v) is 10.1. The molecule has 0 bridgehead atoms. The third kappa shape index (κ3) is 5.21. The molecule has 0 aromatic carbocycles. The average Bonchev–Trinajstić information content (AvgIpc) is 3.11. The van der Waals surface area contributed by atoms with Gasteiger partial charge in [-0.1, -0.05) is 13.8 Å². The molecular formula is C21H29N5O6. The summed E-state index contributed by atoms with van der Waals surface area (Å²) in [6.07, 6.45) is 1.33. The summed E-state index contributed by atoms with van der Waals surface area (Å²) in [6.45, 7) is 10.8. The smallest absolute Gasteiger partial charge is 0.416 e. The van der Waals surface area contributed by atoms with Gasteiger partial charge >= 0.3 is 12.1 Å². The summed E-state index contributed by atoms with van der Waals surface area (Å²) < 4.78 is 17.2. The Hall–Kier alpha value is -3.50. The number of methoxy groups -OCH3 is 1. The second-order valence-corrected chi connectivity index (χ2v) is 8.16. The highest BCUT2D eigenvalue weighted by Gasteiger charge is 2.29.